The second kappa shape index (κ2) is 4.05. The topological polar surface area (TPSA) is 50.2 Å². The Balaban J connectivity index is 2.86. The zero-order valence-electron chi connectivity index (χ0n) is 7.95. The summed E-state index contributed by atoms with van der Waals surface area (Å²) in [5, 5.41) is 10.1. The van der Waals surface area contributed by atoms with Crippen LogP contribution in [0.4, 0.5) is 0 Å². The van der Waals surface area contributed by atoms with E-state index >= 15 is 0 Å². The average molecular weight is 333 g/mol. The number of rotatable bonds is 2. The van der Waals surface area contributed by atoms with Crippen molar-refractivity contribution in [1.29, 1.82) is 0 Å². The van der Waals surface area contributed by atoms with Crippen LogP contribution in [-0.2, 0) is 6.42 Å². The third-order valence-corrected chi connectivity index (χ3v) is 4.21. The first-order chi connectivity index (χ1) is 7.15. The summed E-state index contributed by atoms with van der Waals surface area (Å²) in [5.41, 5.74) is 0.903. The van der Waals surface area contributed by atoms with Crippen molar-refractivity contribution in [2.24, 2.45) is 0 Å². The van der Waals surface area contributed by atoms with E-state index < -0.39 is 5.97 Å². The van der Waals surface area contributed by atoms with E-state index in [4.69, 9.17) is 5.11 Å². The highest BCUT2D eigenvalue weighted by molar-refractivity contribution is 14.1. The number of carbonyl (C=O) groups is 1. The van der Waals surface area contributed by atoms with Crippen LogP contribution >= 0.6 is 33.9 Å². The summed E-state index contributed by atoms with van der Waals surface area (Å²) < 4.78 is 1.88. The minimum atomic E-state index is -0.844. The molecule has 0 fully saturated rings. The fraction of sp³-hybridized carbons (Fsp3) is 0.200. The fourth-order valence-electron chi connectivity index (χ4n) is 1.57. The molecular formula is C10H8INO2S. The molecule has 0 aliphatic carbocycles. The van der Waals surface area contributed by atoms with E-state index in [0.717, 1.165) is 25.8 Å². The van der Waals surface area contributed by atoms with Crippen molar-refractivity contribution in [1.82, 2.24) is 4.98 Å². The van der Waals surface area contributed by atoms with E-state index in [0.29, 0.717) is 4.88 Å². The summed E-state index contributed by atoms with van der Waals surface area (Å²) >= 11 is 3.47. The van der Waals surface area contributed by atoms with Crippen LogP contribution in [0.1, 0.15) is 22.2 Å². The number of hydrogen-bond acceptors (Lipinski definition) is 3. The summed E-state index contributed by atoms with van der Waals surface area (Å²) in [7, 11) is 0. The standard InChI is InChI=1S/C10H8INO2S/c1-2-5-7-6(3-4-12-9(7)11)15-8(5)10(13)14/h3-4H,2H2,1H3,(H,13,14). The molecule has 0 spiro atoms. The number of fused-ring (bicyclic) bond motifs is 1. The number of nitrogens with zero attached hydrogens (tertiary/aromatic N) is 1. The number of aromatic carboxylic acids is 1. The van der Waals surface area contributed by atoms with Gasteiger partial charge in [0.05, 0.1) is 0 Å². The number of hydrogen-bond donors (Lipinski definition) is 1. The molecule has 0 bridgehead atoms. The van der Waals surface area contributed by atoms with E-state index in [1.165, 1.54) is 11.3 Å². The summed E-state index contributed by atoms with van der Waals surface area (Å²) in [5.74, 6) is -0.844. The number of aryl methyl sites for hydroxylation is 1. The maximum absolute atomic E-state index is 11.0. The number of thiophene rings is 1. The molecule has 0 aromatic carbocycles. The lowest BCUT2D eigenvalue weighted by atomic mass is 10.1. The zero-order valence-corrected chi connectivity index (χ0v) is 10.9. The van der Waals surface area contributed by atoms with Crippen molar-refractivity contribution in [2.45, 2.75) is 13.3 Å². The highest BCUT2D eigenvalue weighted by Gasteiger charge is 2.18. The van der Waals surface area contributed by atoms with E-state index in [1.54, 1.807) is 6.20 Å². The van der Waals surface area contributed by atoms with Gasteiger partial charge in [-0.05, 0) is 40.6 Å². The van der Waals surface area contributed by atoms with Crippen LogP contribution in [0.25, 0.3) is 10.1 Å². The van der Waals surface area contributed by atoms with Gasteiger partial charge in [-0.3, -0.25) is 0 Å². The Kier molecular flexibility index (Phi) is 2.92. The van der Waals surface area contributed by atoms with Crippen molar-refractivity contribution >= 4 is 50.0 Å². The Morgan fingerprint density at radius 1 is 1.67 bits per heavy atom. The summed E-state index contributed by atoms with van der Waals surface area (Å²) in [4.78, 5) is 15.7. The van der Waals surface area contributed by atoms with Gasteiger partial charge in [-0.15, -0.1) is 11.3 Å². The van der Waals surface area contributed by atoms with Gasteiger partial charge in [-0.25, -0.2) is 9.78 Å². The van der Waals surface area contributed by atoms with Crippen LogP contribution < -0.4 is 0 Å². The Morgan fingerprint density at radius 2 is 2.40 bits per heavy atom. The van der Waals surface area contributed by atoms with Gasteiger partial charge in [0.2, 0.25) is 0 Å². The van der Waals surface area contributed by atoms with E-state index in [2.05, 4.69) is 27.6 Å². The molecule has 0 radical (unpaired) electrons. The molecule has 5 heteroatoms. The second-order valence-corrected chi connectivity index (χ2v) is 5.12. The molecule has 3 nitrogen and oxygen atoms in total. The summed E-state index contributed by atoms with van der Waals surface area (Å²) in [6.07, 6.45) is 2.44. The SMILES string of the molecule is CCc1c(C(=O)O)sc2ccnc(I)c12. The predicted molar refractivity (Wildman–Crippen MR) is 68.7 cm³/mol. The number of carboxylic acids is 1. The van der Waals surface area contributed by atoms with Gasteiger partial charge in [-0.2, -0.15) is 0 Å². The predicted octanol–water partition coefficient (Wildman–Crippen LogP) is 3.16. The second-order valence-electron chi connectivity index (χ2n) is 3.04. The van der Waals surface area contributed by atoms with Gasteiger partial charge in [0.15, 0.2) is 0 Å². The maximum atomic E-state index is 11.0. The van der Waals surface area contributed by atoms with Crippen molar-refractivity contribution in [3.63, 3.8) is 0 Å². The molecule has 2 aromatic heterocycles. The number of halogens is 1. The van der Waals surface area contributed by atoms with E-state index in [9.17, 15) is 4.79 Å². The lowest BCUT2D eigenvalue weighted by Gasteiger charge is -1.97. The van der Waals surface area contributed by atoms with Gasteiger partial charge in [0, 0.05) is 16.3 Å². The van der Waals surface area contributed by atoms with Crippen LogP contribution in [0.15, 0.2) is 12.3 Å². The van der Waals surface area contributed by atoms with Gasteiger partial charge in [-0.1, -0.05) is 6.92 Å². The van der Waals surface area contributed by atoms with Crippen molar-refractivity contribution in [2.75, 3.05) is 0 Å². The molecule has 0 unspecified atom stereocenters. The minimum Gasteiger partial charge on any atom is -0.477 e. The number of aromatic nitrogens is 1. The third-order valence-electron chi connectivity index (χ3n) is 2.20. The Morgan fingerprint density at radius 3 is 3.00 bits per heavy atom. The lowest BCUT2D eigenvalue weighted by Crippen LogP contribution is -1.97. The van der Waals surface area contributed by atoms with Crippen molar-refractivity contribution in [3.05, 3.63) is 26.4 Å². The molecule has 2 rings (SSSR count). The fourth-order valence-corrected chi connectivity index (χ4v) is 3.66. The van der Waals surface area contributed by atoms with Crippen molar-refractivity contribution in [3.8, 4) is 0 Å². The molecule has 0 amide bonds. The first-order valence-electron chi connectivity index (χ1n) is 4.44. The van der Waals surface area contributed by atoms with Crippen molar-refractivity contribution < 1.29 is 9.90 Å². The van der Waals surface area contributed by atoms with Gasteiger partial charge in [0.1, 0.15) is 8.58 Å². The molecule has 15 heavy (non-hydrogen) atoms. The normalized spacial score (nSPS) is 10.8. The van der Waals surface area contributed by atoms with Crippen LogP contribution in [-0.4, -0.2) is 16.1 Å². The Bertz CT molecular complexity index is 535. The molecule has 2 aromatic rings. The molecule has 0 aliphatic rings. The van der Waals surface area contributed by atoms with Gasteiger partial charge < -0.3 is 5.11 Å². The summed E-state index contributed by atoms with van der Waals surface area (Å²) in [6, 6.07) is 1.87. The first kappa shape index (κ1) is 10.8. The molecule has 0 saturated carbocycles. The van der Waals surface area contributed by atoms with E-state index in [-0.39, 0.29) is 0 Å². The molecule has 0 saturated heterocycles. The third kappa shape index (κ3) is 1.74. The Labute approximate surface area is 104 Å². The zero-order chi connectivity index (χ0) is 11.0. The highest BCUT2D eigenvalue weighted by atomic mass is 127. The van der Waals surface area contributed by atoms with Gasteiger partial charge >= 0.3 is 5.97 Å². The maximum Gasteiger partial charge on any atom is 0.346 e. The number of carboxylic acid groups (broad SMARTS) is 1. The molecule has 1 N–H and O–H groups in total. The molecule has 2 heterocycles. The molecule has 78 valence electrons. The lowest BCUT2D eigenvalue weighted by molar-refractivity contribution is 0.0701. The summed E-state index contributed by atoms with van der Waals surface area (Å²) in [6.45, 7) is 1.97. The minimum absolute atomic E-state index is 0.443. The largest absolute Gasteiger partial charge is 0.477 e. The molecule has 0 atom stereocenters. The molecular weight excluding hydrogens is 325 g/mol. The monoisotopic (exact) mass is 333 g/mol. The van der Waals surface area contributed by atoms with E-state index in [1.807, 2.05) is 13.0 Å². The van der Waals surface area contributed by atoms with Crippen LogP contribution in [0, 0.1) is 3.70 Å². The van der Waals surface area contributed by atoms with Crippen LogP contribution in [0.5, 0.6) is 0 Å². The average Bonchev–Trinajstić information content (AvgIpc) is 2.57. The number of pyridine rings is 1. The van der Waals surface area contributed by atoms with Crippen LogP contribution in [0.3, 0.4) is 0 Å². The van der Waals surface area contributed by atoms with Gasteiger partial charge in [0.25, 0.3) is 0 Å². The molecule has 0 aliphatic heterocycles. The van der Waals surface area contributed by atoms with Crippen LogP contribution in [0.2, 0.25) is 0 Å². The highest BCUT2D eigenvalue weighted by Crippen LogP contribution is 2.33. The Hall–Kier alpha value is -0.690. The smallest absolute Gasteiger partial charge is 0.346 e. The quantitative estimate of drug-likeness (QED) is 0.678. The first-order valence-corrected chi connectivity index (χ1v) is 6.33.